The monoisotopic (exact) mass is 387 g/mol. The van der Waals surface area contributed by atoms with Gasteiger partial charge in [0.1, 0.15) is 13.2 Å². The summed E-state index contributed by atoms with van der Waals surface area (Å²) in [5.74, 6) is 2.20. The fourth-order valence-electron chi connectivity index (χ4n) is 2.79. The van der Waals surface area contributed by atoms with Gasteiger partial charge in [0.25, 0.3) is 0 Å². The van der Waals surface area contributed by atoms with E-state index in [4.69, 9.17) is 18.9 Å². The number of carbonyl (C=O) groups is 2. The largest absolute Gasteiger partial charge is 0.486 e. The lowest BCUT2D eigenvalue weighted by atomic mass is 10.1. The zero-order chi connectivity index (χ0) is 18.8. The van der Waals surface area contributed by atoms with Gasteiger partial charge in [-0.05, 0) is 31.2 Å². The zero-order valence-corrected chi connectivity index (χ0v) is 15.4. The highest BCUT2D eigenvalue weighted by atomic mass is 32.2. The molecule has 0 saturated heterocycles. The molecule has 0 aliphatic carbocycles. The van der Waals surface area contributed by atoms with Crippen LogP contribution in [0.15, 0.2) is 35.2 Å². The Morgan fingerprint density at radius 3 is 2.44 bits per heavy atom. The summed E-state index contributed by atoms with van der Waals surface area (Å²) >= 11 is 1.37. The van der Waals surface area contributed by atoms with Crippen molar-refractivity contribution in [3.8, 4) is 23.0 Å². The molecule has 2 aliphatic rings. The van der Waals surface area contributed by atoms with Gasteiger partial charge in [-0.2, -0.15) is 0 Å². The highest BCUT2D eigenvalue weighted by molar-refractivity contribution is 8.00. The van der Waals surface area contributed by atoms with Crippen molar-refractivity contribution in [2.75, 3.05) is 31.1 Å². The topological polar surface area (TPSA) is 83.1 Å². The minimum Gasteiger partial charge on any atom is -0.486 e. The normalized spacial score (nSPS) is 14.0. The van der Waals surface area contributed by atoms with Crippen molar-refractivity contribution < 1.29 is 28.5 Å². The summed E-state index contributed by atoms with van der Waals surface area (Å²) in [4.78, 5) is 25.2. The number of benzene rings is 2. The first-order chi connectivity index (χ1) is 13.1. The molecule has 2 aliphatic heterocycles. The Morgan fingerprint density at radius 2 is 1.67 bits per heavy atom. The third-order valence-electron chi connectivity index (χ3n) is 4.05. The molecule has 7 nitrogen and oxygen atoms in total. The number of anilines is 1. The summed E-state index contributed by atoms with van der Waals surface area (Å²) in [6.45, 7) is 2.59. The van der Waals surface area contributed by atoms with Gasteiger partial charge in [0, 0.05) is 16.5 Å². The van der Waals surface area contributed by atoms with E-state index >= 15 is 0 Å². The molecule has 4 rings (SSSR count). The molecule has 0 spiro atoms. The minimum absolute atomic E-state index is 0.101. The number of hydrogen-bond acceptors (Lipinski definition) is 7. The van der Waals surface area contributed by atoms with Crippen molar-refractivity contribution >= 4 is 29.1 Å². The SMILES string of the molecule is CC(=O)c1cc2c(cc1NC(=O)CSc1ccc3c(c1)OCCO3)OCO2. The molecule has 8 heteroatoms. The molecule has 2 heterocycles. The zero-order valence-electron chi connectivity index (χ0n) is 14.6. The predicted octanol–water partition coefficient (Wildman–Crippen LogP) is 3.12. The summed E-state index contributed by atoms with van der Waals surface area (Å²) in [7, 11) is 0. The standard InChI is InChI=1S/C19H17NO6S/c1-11(21)13-7-17-18(26-10-25-17)8-14(13)20-19(22)9-27-12-2-3-15-16(6-12)24-5-4-23-15/h2-3,6-8H,4-5,9-10H2,1H3,(H,20,22). The molecule has 2 aromatic rings. The van der Waals surface area contributed by atoms with Gasteiger partial charge >= 0.3 is 0 Å². The van der Waals surface area contributed by atoms with Crippen LogP contribution in [0.1, 0.15) is 17.3 Å². The van der Waals surface area contributed by atoms with Gasteiger partial charge in [0.15, 0.2) is 28.8 Å². The fourth-order valence-corrected chi connectivity index (χ4v) is 3.51. The van der Waals surface area contributed by atoms with Crippen molar-refractivity contribution in [2.24, 2.45) is 0 Å². The van der Waals surface area contributed by atoms with Gasteiger partial charge in [0.2, 0.25) is 12.7 Å². The van der Waals surface area contributed by atoms with E-state index in [1.165, 1.54) is 18.7 Å². The molecule has 0 atom stereocenters. The first kappa shape index (κ1) is 17.5. The Bertz CT molecular complexity index is 913. The third kappa shape index (κ3) is 3.80. The lowest BCUT2D eigenvalue weighted by molar-refractivity contribution is -0.113. The van der Waals surface area contributed by atoms with Crippen LogP contribution in [-0.2, 0) is 4.79 Å². The van der Waals surface area contributed by atoms with Gasteiger partial charge < -0.3 is 24.3 Å². The van der Waals surface area contributed by atoms with E-state index in [1.54, 1.807) is 12.1 Å². The Hall–Kier alpha value is -2.87. The van der Waals surface area contributed by atoms with Crippen LogP contribution in [0.5, 0.6) is 23.0 Å². The van der Waals surface area contributed by atoms with Gasteiger partial charge in [0.05, 0.1) is 11.4 Å². The van der Waals surface area contributed by atoms with Crippen molar-refractivity contribution in [1.29, 1.82) is 0 Å². The van der Waals surface area contributed by atoms with E-state index in [0.717, 1.165) is 4.90 Å². The molecule has 0 unspecified atom stereocenters. The van der Waals surface area contributed by atoms with Crippen molar-refractivity contribution in [1.82, 2.24) is 0 Å². The fraction of sp³-hybridized carbons (Fsp3) is 0.263. The lowest BCUT2D eigenvalue weighted by Crippen LogP contribution is -2.16. The second-order valence-electron chi connectivity index (χ2n) is 5.95. The number of Topliss-reactive ketones (excluding diaryl/α,β-unsaturated/α-hetero) is 1. The maximum absolute atomic E-state index is 12.4. The van der Waals surface area contributed by atoms with Crippen LogP contribution in [0.4, 0.5) is 5.69 Å². The molecule has 0 saturated carbocycles. The second-order valence-corrected chi connectivity index (χ2v) is 7.00. The average Bonchev–Trinajstić information content (AvgIpc) is 3.13. The highest BCUT2D eigenvalue weighted by Crippen LogP contribution is 2.38. The summed E-state index contributed by atoms with van der Waals surface area (Å²) in [5.41, 5.74) is 0.802. The van der Waals surface area contributed by atoms with E-state index in [9.17, 15) is 9.59 Å². The summed E-state index contributed by atoms with van der Waals surface area (Å²) in [6, 6.07) is 8.78. The molecule has 1 N–H and O–H groups in total. The van der Waals surface area contributed by atoms with Crippen LogP contribution < -0.4 is 24.3 Å². The Kier molecular flexibility index (Phi) is 4.81. The molecule has 0 fully saturated rings. The number of ketones is 1. The number of carbonyl (C=O) groups excluding carboxylic acids is 2. The van der Waals surface area contributed by atoms with Crippen LogP contribution in [-0.4, -0.2) is 37.4 Å². The van der Waals surface area contributed by atoms with Crippen LogP contribution in [0.2, 0.25) is 0 Å². The molecule has 2 aromatic carbocycles. The Labute approximate surface area is 159 Å². The maximum Gasteiger partial charge on any atom is 0.234 e. The van der Waals surface area contributed by atoms with Gasteiger partial charge in [-0.25, -0.2) is 0 Å². The smallest absolute Gasteiger partial charge is 0.234 e. The second kappa shape index (κ2) is 7.40. The molecule has 0 bridgehead atoms. The Balaban J connectivity index is 1.43. The summed E-state index contributed by atoms with van der Waals surface area (Å²) in [5, 5.41) is 2.78. The number of ether oxygens (including phenoxy) is 4. The summed E-state index contributed by atoms with van der Waals surface area (Å²) in [6.07, 6.45) is 0. The van der Waals surface area contributed by atoms with Crippen molar-refractivity contribution in [3.63, 3.8) is 0 Å². The van der Waals surface area contributed by atoms with Crippen molar-refractivity contribution in [3.05, 3.63) is 35.9 Å². The van der Waals surface area contributed by atoms with E-state index in [0.29, 0.717) is 47.5 Å². The van der Waals surface area contributed by atoms with Gasteiger partial charge in [-0.15, -0.1) is 11.8 Å². The molecule has 27 heavy (non-hydrogen) atoms. The molecule has 0 aromatic heterocycles. The summed E-state index contributed by atoms with van der Waals surface area (Å²) < 4.78 is 21.6. The first-order valence-electron chi connectivity index (χ1n) is 8.37. The quantitative estimate of drug-likeness (QED) is 0.623. The van der Waals surface area contributed by atoms with E-state index in [1.807, 2.05) is 18.2 Å². The van der Waals surface area contributed by atoms with Gasteiger partial charge in [-0.1, -0.05) is 0 Å². The number of thioether (sulfide) groups is 1. The minimum atomic E-state index is -0.226. The van der Waals surface area contributed by atoms with E-state index < -0.39 is 0 Å². The lowest BCUT2D eigenvalue weighted by Gasteiger charge is -2.18. The predicted molar refractivity (Wildman–Crippen MR) is 99.4 cm³/mol. The number of hydrogen-bond donors (Lipinski definition) is 1. The number of fused-ring (bicyclic) bond motifs is 2. The molecule has 1 amide bonds. The molecular formula is C19H17NO6S. The van der Waals surface area contributed by atoms with Crippen LogP contribution in [0.25, 0.3) is 0 Å². The van der Waals surface area contributed by atoms with Crippen molar-refractivity contribution in [2.45, 2.75) is 11.8 Å². The van der Waals surface area contributed by atoms with Crippen LogP contribution in [0, 0.1) is 0 Å². The van der Waals surface area contributed by atoms with E-state index in [2.05, 4.69) is 5.32 Å². The molecular weight excluding hydrogens is 370 g/mol. The number of amides is 1. The average molecular weight is 387 g/mol. The Morgan fingerprint density at radius 1 is 0.963 bits per heavy atom. The molecule has 0 radical (unpaired) electrons. The highest BCUT2D eigenvalue weighted by Gasteiger charge is 2.20. The maximum atomic E-state index is 12.4. The van der Waals surface area contributed by atoms with E-state index in [-0.39, 0.29) is 24.2 Å². The van der Waals surface area contributed by atoms with Crippen LogP contribution in [0.3, 0.4) is 0 Å². The first-order valence-corrected chi connectivity index (χ1v) is 9.35. The van der Waals surface area contributed by atoms with Crippen LogP contribution >= 0.6 is 11.8 Å². The number of rotatable bonds is 5. The van der Waals surface area contributed by atoms with Gasteiger partial charge in [-0.3, -0.25) is 9.59 Å². The third-order valence-corrected chi connectivity index (χ3v) is 5.04. The molecule has 140 valence electrons. The number of nitrogens with one attached hydrogen (secondary N) is 1.